The number of benzene rings is 1. The molecule has 8 heteroatoms. The van der Waals surface area contributed by atoms with Crippen molar-refractivity contribution < 1.29 is 19.6 Å². The van der Waals surface area contributed by atoms with Crippen LogP contribution in [0.15, 0.2) is 18.2 Å². The number of piperazine rings is 1. The molecule has 0 bridgehead atoms. The van der Waals surface area contributed by atoms with E-state index in [1.165, 1.54) is 12.1 Å². The van der Waals surface area contributed by atoms with E-state index in [2.05, 4.69) is 0 Å². The molecule has 1 aromatic rings. The molecule has 2 rings (SSSR count). The predicted octanol–water partition coefficient (Wildman–Crippen LogP) is 0.571. The number of nitro groups is 1. The number of nitro benzene ring substituents is 1. The van der Waals surface area contributed by atoms with Crippen LogP contribution in [0.4, 0.5) is 11.4 Å². The number of carboxylic acids is 1. The SMILES string of the molecule is CN1CCN(c2ccc([N+](=O)[O-])c(C(=O)O)c2)CC1=O. The maximum atomic E-state index is 11.6. The summed E-state index contributed by atoms with van der Waals surface area (Å²) in [5.41, 5.74) is -0.338. The third-order valence-corrected chi connectivity index (χ3v) is 3.23. The highest BCUT2D eigenvalue weighted by atomic mass is 16.6. The number of amides is 1. The van der Waals surface area contributed by atoms with E-state index in [1.54, 1.807) is 16.8 Å². The van der Waals surface area contributed by atoms with Crippen LogP contribution in [0.1, 0.15) is 10.4 Å². The fourth-order valence-electron chi connectivity index (χ4n) is 2.03. The maximum Gasteiger partial charge on any atom is 0.342 e. The molecule has 106 valence electrons. The van der Waals surface area contributed by atoms with Crippen LogP contribution in [0, 0.1) is 10.1 Å². The summed E-state index contributed by atoms with van der Waals surface area (Å²) in [5.74, 6) is -1.44. The summed E-state index contributed by atoms with van der Waals surface area (Å²) in [4.78, 5) is 36.0. The Morgan fingerprint density at radius 1 is 1.40 bits per heavy atom. The van der Waals surface area contributed by atoms with Gasteiger partial charge in [0.05, 0.1) is 11.5 Å². The number of carbonyl (C=O) groups is 2. The van der Waals surface area contributed by atoms with E-state index in [0.29, 0.717) is 18.8 Å². The Morgan fingerprint density at radius 2 is 2.10 bits per heavy atom. The molecule has 1 aromatic carbocycles. The van der Waals surface area contributed by atoms with E-state index in [0.717, 1.165) is 6.07 Å². The van der Waals surface area contributed by atoms with Crippen LogP contribution < -0.4 is 4.90 Å². The minimum atomic E-state index is -1.36. The number of rotatable bonds is 3. The zero-order valence-corrected chi connectivity index (χ0v) is 10.8. The monoisotopic (exact) mass is 279 g/mol. The molecule has 0 atom stereocenters. The van der Waals surface area contributed by atoms with Gasteiger partial charge < -0.3 is 14.9 Å². The third kappa shape index (κ3) is 2.53. The summed E-state index contributed by atoms with van der Waals surface area (Å²) in [6.07, 6.45) is 0. The van der Waals surface area contributed by atoms with Gasteiger partial charge >= 0.3 is 5.97 Å². The Kier molecular flexibility index (Phi) is 3.55. The molecule has 0 aliphatic carbocycles. The van der Waals surface area contributed by atoms with E-state index in [4.69, 9.17) is 5.11 Å². The standard InChI is InChI=1S/C12H13N3O5/c1-13-4-5-14(7-11(13)16)8-2-3-10(15(19)20)9(6-8)12(17)18/h2-3,6H,4-5,7H2,1H3,(H,17,18). The van der Waals surface area contributed by atoms with Gasteiger partial charge in [0.2, 0.25) is 5.91 Å². The van der Waals surface area contributed by atoms with Crippen molar-refractivity contribution in [2.24, 2.45) is 0 Å². The van der Waals surface area contributed by atoms with E-state index < -0.39 is 16.6 Å². The molecular formula is C12H13N3O5. The van der Waals surface area contributed by atoms with Gasteiger partial charge in [0.15, 0.2) is 0 Å². The zero-order chi connectivity index (χ0) is 14.9. The number of carbonyl (C=O) groups excluding carboxylic acids is 1. The first-order valence-electron chi connectivity index (χ1n) is 5.91. The lowest BCUT2D eigenvalue weighted by Gasteiger charge is -2.33. The molecule has 1 heterocycles. The van der Waals surface area contributed by atoms with Crippen molar-refractivity contribution in [3.63, 3.8) is 0 Å². The number of likely N-dealkylation sites (N-methyl/N-ethyl adjacent to an activating group) is 1. The number of carboxylic acid groups (broad SMARTS) is 1. The Bertz CT molecular complexity index is 586. The van der Waals surface area contributed by atoms with Gasteiger partial charge in [0.1, 0.15) is 5.56 Å². The van der Waals surface area contributed by atoms with Crippen molar-refractivity contribution in [3.8, 4) is 0 Å². The Balaban J connectivity index is 2.34. The van der Waals surface area contributed by atoms with Crippen LogP contribution in [0.2, 0.25) is 0 Å². The molecule has 1 N–H and O–H groups in total. The van der Waals surface area contributed by atoms with Gasteiger partial charge in [0, 0.05) is 31.9 Å². The van der Waals surface area contributed by atoms with Crippen LogP contribution in [-0.2, 0) is 4.79 Å². The zero-order valence-electron chi connectivity index (χ0n) is 10.8. The van der Waals surface area contributed by atoms with Crippen molar-refractivity contribution in [1.82, 2.24) is 4.90 Å². The molecule has 0 spiro atoms. The van der Waals surface area contributed by atoms with Gasteiger partial charge in [0.25, 0.3) is 5.69 Å². The maximum absolute atomic E-state index is 11.6. The highest BCUT2D eigenvalue weighted by molar-refractivity contribution is 5.94. The number of aromatic carboxylic acids is 1. The van der Waals surface area contributed by atoms with Crippen LogP contribution >= 0.6 is 0 Å². The molecule has 1 saturated heterocycles. The van der Waals surface area contributed by atoms with E-state index in [9.17, 15) is 19.7 Å². The van der Waals surface area contributed by atoms with Gasteiger partial charge in [-0.25, -0.2) is 4.79 Å². The highest BCUT2D eigenvalue weighted by Crippen LogP contribution is 2.25. The number of hydrogen-bond donors (Lipinski definition) is 1. The molecule has 0 unspecified atom stereocenters. The molecule has 1 aliphatic heterocycles. The smallest absolute Gasteiger partial charge is 0.342 e. The normalized spacial score (nSPS) is 15.3. The van der Waals surface area contributed by atoms with Crippen molar-refractivity contribution >= 4 is 23.3 Å². The fourth-order valence-corrected chi connectivity index (χ4v) is 2.03. The first kappa shape index (κ1) is 13.8. The molecule has 1 aliphatic rings. The molecule has 1 fully saturated rings. The summed E-state index contributed by atoms with van der Waals surface area (Å²) in [7, 11) is 1.69. The summed E-state index contributed by atoms with van der Waals surface area (Å²) < 4.78 is 0. The predicted molar refractivity (Wildman–Crippen MR) is 69.9 cm³/mol. The average Bonchev–Trinajstić information content (AvgIpc) is 2.41. The molecule has 8 nitrogen and oxygen atoms in total. The van der Waals surface area contributed by atoms with Gasteiger partial charge in [-0.15, -0.1) is 0 Å². The summed E-state index contributed by atoms with van der Waals surface area (Å²) in [6.45, 7) is 1.21. The summed E-state index contributed by atoms with van der Waals surface area (Å²) in [6, 6.07) is 3.85. The lowest BCUT2D eigenvalue weighted by molar-refractivity contribution is -0.385. The quantitative estimate of drug-likeness (QED) is 0.640. The number of nitrogens with zero attached hydrogens (tertiary/aromatic N) is 3. The molecule has 1 amide bonds. The van der Waals surface area contributed by atoms with Crippen LogP contribution in [0.3, 0.4) is 0 Å². The summed E-state index contributed by atoms with van der Waals surface area (Å²) >= 11 is 0. The van der Waals surface area contributed by atoms with Gasteiger partial charge in [-0.3, -0.25) is 14.9 Å². The second-order valence-electron chi connectivity index (χ2n) is 4.50. The number of anilines is 1. The van der Waals surface area contributed by atoms with E-state index in [1.807, 2.05) is 0 Å². The number of hydrogen-bond acceptors (Lipinski definition) is 5. The Hall–Kier alpha value is -2.64. The third-order valence-electron chi connectivity index (χ3n) is 3.23. The first-order chi connectivity index (χ1) is 9.40. The molecule has 0 saturated carbocycles. The minimum absolute atomic E-state index is 0.0773. The average molecular weight is 279 g/mol. The second-order valence-corrected chi connectivity index (χ2v) is 4.50. The minimum Gasteiger partial charge on any atom is -0.477 e. The topological polar surface area (TPSA) is 104 Å². The van der Waals surface area contributed by atoms with Crippen LogP contribution in [0.25, 0.3) is 0 Å². The van der Waals surface area contributed by atoms with Gasteiger partial charge in [-0.1, -0.05) is 0 Å². The molecule has 0 radical (unpaired) electrons. The lowest BCUT2D eigenvalue weighted by Crippen LogP contribution is -2.48. The first-order valence-corrected chi connectivity index (χ1v) is 5.91. The van der Waals surface area contributed by atoms with Crippen molar-refractivity contribution in [1.29, 1.82) is 0 Å². The Morgan fingerprint density at radius 3 is 2.65 bits per heavy atom. The van der Waals surface area contributed by atoms with E-state index >= 15 is 0 Å². The molecule has 0 aromatic heterocycles. The van der Waals surface area contributed by atoms with Gasteiger partial charge in [-0.2, -0.15) is 0 Å². The van der Waals surface area contributed by atoms with Crippen molar-refractivity contribution in [2.75, 3.05) is 31.6 Å². The second kappa shape index (κ2) is 5.16. The van der Waals surface area contributed by atoms with Gasteiger partial charge in [-0.05, 0) is 12.1 Å². The fraction of sp³-hybridized carbons (Fsp3) is 0.333. The van der Waals surface area contributed by atoms with E-state index in [-0.39, 0.29) is 18.0 Å². The molecule has 20 heavy (non-hydrogen) atoms. The lowest BCUT2D eigenvalue weighted by atomic mass is 10.1. The van der Waals surface area contributed by atoms with Crippen molar-refractivity contribution in [3.05, 3.63) is 33.9 Å². The van der Waals surface area contributed by atoms with Crippen LogP contribution in [-0.4, -0.2) is 53.5 Å². The van der Waals surface area contributed by atoms with Crippen LogP contribution in [0.5, 0.6) is 0 Å². The molecular weight excluding hydrogens is 266 g/mol. The largest absolute Gasteiger partial charge is 0.477 e. The van der Waals surface area contributed by atoms with Crippen molar-refractivity contribution in [2.45, 2.75) is 0 Å². The Labute approximate surface area is 114 Å². The highest BCUT2D eigenvalue weighted by Gasteiger charge is 2.25. The summed E-state index contributed by atoms with van der Waals surface area (Å²) in [5, 5.41) is 19.8.